The Morgan fingerprint density at radius 1 is 1.38 bits per heavy atom. The highest BCUT2D eigenvalue weighted by molar-refractivity contribution is 5.96. The number of aromatic amines is 1. The largest absolute Gasteiger partial charge is 0.507 e. The molecule has 3 N–H and O–H groups in total. The summed E-state index contributed by atoms with van der Waals surface area (Å²) >= 11 is 0. The van der Waals surface area contributed by atoms with E-state index in [0.717, 1.165) is 12.0 Å². The molecule has 2 aromatic heterocycles. The number of fused-ring (bicyclic) bond motifs is 1. The molecule has 0 radical (unpaired) electrons. The number of aromatic hydroxyl groups is 1. The molecule has 0 fully saturated rings. The van der Waals surface area contributed by atoms with Gasteiger partial charge in [0.1, 0.15) is 11.6 Å². The van der Waals surface area contributed by atoms with Crippen LogP contribution in [0.5, 0.6) is 5.75 Å². The lowest BCUT2D eigenvalue weighted by Crippen LogP contribution is -2.26. The van der Waals surface area contributed by atoms with Gasteiger partial charge in [-0.1, -0.05) is 13.0 Å². The van der Waals surface area contributed by atoms with E-state index in [-0.39, 0.29) is 28.4 Å². The van der Waals surface area contributed by atoms with E-state index >= 15 is 0 Å². The normalized spacial score (nSPS) is 10.9. The van der Waals surface area contributed by atoms with E-state index in [1.165, 1.54) is 6.20 Å². The standard InChI is InChI=1S/C16H17N5O3/c1-2-10-3-4-11(12(22)9-10)15(23)17-6-5-13-19-20-14-16(24)18-7-8-21(13)14/h3-4,7-9,22H,2,5-6H2,1H3,(H,17,23)(H,18,24). The molecule has 1 aromatic carbocycles. The van der Waals surface area contributed by atoms with Crippen molar-refractivity contribution in [2.75, 3.05) is 6.54 Å². The average molecular weight is 327 g/mol. The number of aryl methyl sites for hydroxylation is 1. The first-order chi connectivity index (χ1) is 11.6. The topological polar surface area (TPSA) is 112 Å². The van der Waals surface area contributed by atoms with E-state index in [0.29, 0.717) is 18.8 Å². The first kappa shape index (κ1) is 15.7. The summed E-state index contributed by atoms with van der Waals surface area (Å²) in [6.07, 6.45) is 4.36. The summed E-state index contributed by atoms with van der Waals surface area (Å²) in [6, 6.07) is 5.01. The van der Waals surface area contributed by atoms with Gasteiger partial charge in [-0.05, 0) is 24.1 Å². The van der Waals surface area contributed by atoms with Crippen molar-refractivity contribution in [3.8, 4) is 5.75 Å². The van der Waals surface area contributed by atoms with Crippen LogP contribution in [0.2, 0.25) is 0 Å². The number of aromatic nitrogens is 4. The zero-order chi connectivity index (χ0) is 17.1. The van der Waals surface area contributed by atoms with Gasteiger partial charge in [0.25, 0.3) is 11.5 Å². The van der Waals surface area contributed by atoms with E-state index in [4.69, 9.17) is 0 Å². The minimum atomic E-state index is -0.359. The van der Waals surface area contributed by atoms with Crippen LogP contribution in [0, 0.1) is 0 Å². The molecule has 0 aliphatic carbocycles. The Kier molecular flexibility index (Phi) is 4.28. The van der Waals surface area contributed by atoms with Gasteiger partial charge in [-0.2, -0.15) is 0 Å². The molecular formula is C16H17N5O3. The smallest absolute Gasteiger partial charge is 0.293 e. The van der Waals surface area contributed by atoms with Crippen LogP contribution in [0.3, 0.4) is 0 Å². The second-order valence-corrected chi connectivity index (χ2v) is 5.31. The van der Waals surface area contributed by atoms with Crippen LogP contribution in [0.1, 0.15) is 28.7 Å². The summed E-state index contributed by atoms with van der Waals surface area (Å²) in [5, 5.41) is 20.4. The van der Waals surface area contributed by atoms with Crippen LogP contribution >= 0.6 is 0 Å². The maximum atomic E-state index is 12.1. The molecule has 24 heavy (non-hydrogen) atoms. The number of benzene rings is 1. The second kappa shape index (κ2) is 6.53. The highest BCUT2D eigenvalue weighted by Crippen LogP contribution is 2.19. The highest BCUT2D eigenvalue weighted by Gasteiger charge is 2.12. The summed E-state index contributed by atoms with van der Waals surface area (Å²) in [4.78, 5) is 26.2. The molecule has 0 unspecified atom stereocenters. The monoisotopic (exact) mass is 327 g/mol. The van der Waals surface area contributed by atoms with Gasteiger partial charge in [-0.15, -0.1) is 10.2 Å². The Bertz CT molecular complexity index is 944. The average Bonchev–Trinajstić information content (AvgIpc) is 2.99. The quantitative estimate of drug-likeness (QED) is 0.637. The molecule has 8 heteroatoms. The molecule has 0 bridgehead atoms. The van der Waals surface area contributed by atoms with Crippen LogP contribution in [-0.2, 0) is 12.8 Å². The van der Waals surface area contributed by atoms with Crippen LogP contribution in [0.4, 0.5) is 0 Å². The third kappa shape index (κ3) is 2.98. The number of nitrogens with one attached hydrogen (secondary N) is 2. The van der Waals surface area contributed by atoms with Crippen LogP contribution in [0.25, 0.3) is 5.65 Å². The second-order valence-electron chi connectivity index (χ2n) is 5.31. The van der Waals surface area contributed by atoms with Crippen molar-refractivity contribution < 1.29 is 9.90 Å². The maximum absolute atomic E-state index is 12.1. The SMILES string of the molecule is CCc1ccc(C(=O)NCCc2nnc3c(=O)[nH]ccn23)c(O)c1. The Balaban J connectivity index is 1.66. The molecule has 0 saturated carbocycles. The molecule has 8 nitrogen and oxygen atoms in total. The number of rotatable bonds is 5. The fraction of sp³-hybridized carbons (Fsp3) is 0.250. The Hall–Kier alpha value is -3.16. The zero-order valence-electron chi connectivity index (χ0n) is 13.1. The molecule has 2 heterocycles. The molecule has 124 valence electrons. The first-order valence-electron chi connectivity index (χ1n) is 7.61. The number of carbonyl (C=O) groups is 1. The van der Waals surface area contributed by atoms with E-state index in [1.807, 2.05) is 13.0 Å². The number of carbonyl (C=O) groups excluding carboxylic acids is 1. The molecule has 0 saturated heterocycles. The van der Waals surface area contributed by atoms with Gasteiger partial charge in [0.15, 0.2) is 0 Å². The first-order valence-corrected chi connectivity index (χ1v) is 7.61. The Morgan fingerprint density at radius 2 is 2.21 bits per heavy atom. The lowest BCUT2D eigenvalue weighted by Gasteiger charge is -2.07. The van der Waals surface area contributed by atoms with Crippen molar-refractivity contribution in [1.82, 2.24) is 24.9 Å². The van der Waals surface area contributed by atoms with Gasteiger partial charge in [0.2, 0.25) is 5.65 Å². The number of phenols is 1. The van der Waals surface area contributed by atoms with Gasteiger partial charge in [-0.3, -0.25) is 14.0 Å². The zero-order valence-corrected chi connectivity index (χ0v) is 13.1. The van der Waals surface area contributed by atoms with Gasteiger partial charge in [0, 0.05) is 25.4 Å². The van der Waals surface area contributed by atoms with Gasteiger partial charge >= 0.3 is 0 Å². The van der Waals surface area contributed by atoms with E-state index in [2.05, 4.69) is 20.5 Å². The summed E-state index contributed by atoms with van der Waals surface area (Å²) < 4.78 is 1.58. The predicted molar refractivity (Wildman–Crippen MR) is 87.1 cm³/mol. The van der Waals surface area contributed by atoms with Crippen molar-refractivity contribution >= 4 is 11.6 Å². The molecular weight excluding hydrogens is 310 g/mol. The predicted octanol–water partition coefficient (Wildman–Crippen LogP) is 0.658. The van der Waals surface area contributed by atoms with Crippen molar-refractivity contribution in [2.45, 2.75) is 19.8 Å². The lowest BCUT2D eigenvalue weighted by molar-refractivity contribution is 0.0951. The summed E-state index contributed by atoms with van der Waals surface area (Å²) in [6.45, 7) is 2.28. The molecule has 3 rings (SSSR count). The van der Waals surface area contributed by atoms with Gasteiger partial charge < -0.3 is 15.4 Å². The molecule has 0 aliphatic heterocycles. The highest BCUT2D eigenvalue weighted by atomic mass is 16.3. The fourth-order valence-electron chi connectivity index (χ4n) is 2.43. The third-order valence-corrected chi connectivity index (χ3v) is 3.76. The molecule has 3 aromatic rings. The number of hydrogen-bond acceptors (Lipinski definition) is 5. The van der Waals surface area contributed by atoms with Crippen molar-refractivity contribution in [3.05, 3.63) is 57.9 Å². The summed E-state index contributed by atoms with van der Waals surface area (Å²) in [7, 11) is 0. The molecule has 0 aliphatic rings. The number of hydrogen-bond donors (Lipinski definition) is 3. The van der Waals surface area contributed by atoms with Gasteiger partial charge in [-0.25, -0.2) is 0 Å². The molecule has 0 spiro atoms. The van der Waals surface area contributed by atoms with Crippen LogP contribution < -0.4 is 10.9 Å². The lowest BCUT2D eigenvalue weighted by atomic mass is 10.1. The van der Waals surface area contributed by atoms with Gasteiger partial charge in [0.05, 0.1) is 5.56 Å². The van der Waals surface area contributed by atoms with E-state index in [1.54, 1.807) is 22.7 Å². The fourth-order valence-corrected chi connectivity index (χ4v) is 2.43. The molecule has 1 amide bonds. The van der Waals surface area contributed by atoms with Crippen molar-refractivity contribution in [1.29, 1.82) is 0 Å². The summed E-state index contributed by atoms with van der Waals surface area (Å²) in [5.41, 5.74) is 1.09. The van der Waals surface area contributed by atoms with Crippen molar-refractivity contribution in [3.63, 3.8) is 0 Å². The van der Waals surface area contributed by atoms with Crippen LogP contribution in [-0.4, -0.2) is 37.1 Å². The number of H-pyrrole nitrogens is 1. The number of amides is 1. The minimum absolute atomic E-state index is 0.0358. The van der Waals surface area contributed by atoms with E-state index in [9.17, 15) is 14.7 Å². The minimum Gasteiger partial charge on any atom is -0.507 e. The maximum Gasteiger partial charge on any atom is 0.293 e. The molecule has 0 atom stereocenters. The summed E-state index contributed by atoms with van der Waals surface area (Å²) in [5.74, 6) is 0.176. The van der Waals surface area contributed by atoms with E-state index < -0.39 is 0 Å². The number of nitrogens with zero attached hydrogens (tertiary/aromatic N) is 3. The Labute approximate surface area is 137 Å². The third-order valence-electron chi connectivity index (χ3n) is 3.76. The Morgan fingerprint density at radius 3 is 2.96 bits per heavy atom. The van der Waals surface area contributed by atoms with Crippen LogP contribution in [0.15, 0.2) is 35.4 Å². The number of phenolic OH excluding ortho intramolecular Hbond substituents is 1. The van der Waals surface area contributed by atoms with Crippen molar-refractivity contribution in [2.24, 2.45) is 0 Å².